The summed E-state index contributed by atoms with van der Waals surface area (Å²) in [4.78, 5) is 30.7. The van der Waals surface area contributed by atoms with E-state index in [4.69, 9.17) is 9.72 Å². The molecule has 4 rings (SSSR count). The van der Waals surface area contributed by atoms with E-state index in [1.54, 1.807) is 6.92 Å². The molecule has 0 fully saturated rings. The quantitative estimate of drug-likeness (QED) is 0.226. The van der Waals surface area contributed by atoms with Crippen LogP contribution >= 0.6 is 23.1 Å². The van der Waals surface area contributed by atoms with Crippen molar-refractivity contribution >= 4 is 50.9 Å². The molecule has 0 bridgehead atoms. The lowest BCUT2D eigenvalue weighted by Gasteiger charge is -2.14. The zero-order chi connectivity index (χ0) is 24.2. The second-order valence-electron chi connectivity index (χ2n) is 7.94. The van der Waals surface area contributed by atoms with Gasteiger partial charge in [0, 0.05) is 16.3 Å². The van der Waals surface area contributed by atoms with Gasteiger partial charge in [-0.3, -0.25) is 4.79 Å². The molecule has 1 N–H and O–H groups in total. The van der Waals surface area contributed by atoms with Gasteiger partial charge in [-0.25, -0.2) is 9.78 Å². The maximum absolute atomic E-state index is 13.1. The van der Waals surface area contributed by atoms with Crippen LogP contribution in [0.15, 0.2) is 65.0 Å². The van der Waals surface area contributed by atoms with Crippen molar-refractivity contribution in [3.05, 3.63) is 76.7 Å². The summed E-state index contributed by atoms with van der Waals surface area (Å²) in [6.07, 6.45) is 0. The lowest BCUT2D eigenvalue weighted by atomic mass is 10.0. The van der Waals surface area contributed by atoms with Crippen molar-refractivity contribution in [1.29, 1.82) is 0 Å². The van der Waals surface area contributed by atoms with E-state index >= 15 is 0 Å². The summed E-state index contributed by atoms with van der Waals surface area (Å²) in [5.74, 6) is -0.637. The fourth-order valence-corrected chi connectivity index (χ4v) is 5.60. The van der Waals surface area contributed by atoms with Gasteiger partial charge in [-0.2, -0.15) is 0 Å². The molecule has 1 unspecified atom stereocenters. The number of hydrogen-bond acceptors (Lipinski definition) is 6. The number of pyridine rings is 1. The largest absolute Gasteiger partial charge is 0.462 e. The number of nitrogens with one attached hydrogen (secondary N) is 1. The number of nitrogens with zero attached hydrogens (tertiary/aromatic N) is 1. The molecule has 0 aliphatic heterocycles. The Kier molecular flexibility index (Phi) is 7.34. The molecule has 0 aliphatic carbocycles. The van der Waals surface area contributed by atoms with E-state index in [1.165, 1.54) is 23.1 Å². The Hall–Kier alpha value is -3.16. The second kappa shape index (κ2) is 10.4. The Balaban J connectivity index is 1.58. The monoisotopic (exact) mass is 490 g/mol. The molecule has 34 heavy (non-hydrogen) atoms. The first-order chi connectivity index (χ1) is 16.4. The van der Waals surface area contributed by atoms with Crippen LogP contribution in [-0.4, -0.2) is 28.7 Å². The van der Waals surface area contributed by atoms with Crippen molar-refractivity contribution in [3.63, 3.8) is 0 Å². The first kappa shape index (κ1) is 24.0. The highest BCUT2D eigenvalue weighted by molar-refractivity contribution is 8.00. The number of rotatable bonds is 7. The number of ether oxygens (including phenoxy) is 1. The van der Waals surface area contributed by atoms with Crippen molar-refractivity contribution < 1.29 is 14.3 Å². The SMILES string of the molecule is CCOC(=O)c1c(-c2ccccc2)csc1NC(=O)C(C)Sc1cc(C)c2cccc(C)c2n1. The Morgan fingerprint density at radius 1 is 1.09 bits per heavy atom. The molecule has 7 heteroatoms. The third-order valence-electron chi connectivity index (χ3n) is 5.48. The third-order valence-corrected chi connectivity index (χ3v) is 7.40. The van der Waals surface area contributed by atoms with Gasteiger partial charge >= 0.3 is 5.97 Å². The lowest BCUT2D eigenvalue weighted by molar-refractivity contribution is -0.115. The Morgan fingerprint density at radius 3 is 2.59 bits per heavy atom. The smallest absolute Gasteiger partial charge is 0.341 e. The van der Waals surface area contributed by atoms with Gasteiger partial charge in [-0.1, -0.05) is 60.3 Å². The molecule has 0 aliphatic rings. The summed E-state index contributed by atoms with van der Waals surface area (Å²) in [5, 5.41) is 6.83. The van der Waals surface area contributed by atoms with Crippen LogP contribution in [0.3, 0.4) is 0 Å². The van der Waals surface area contributed by atoms with Crippen LogP contribution in [0.25, 0.3) is 22.0 Å². The van der Waals surface area contributed by atoms with E-state index in [0.717, 1.165) is 38.2 Å². The zero-order valence-corrected chi connectivity index (χ0v) is 21.2. The first-order valence-electron chi connectivity index (χ1n) is 11.1. The molecule has 0 saturated heterocycles. The summed E-state index contributed by atoms with van der Waals surface area (Å²) < 4.78 is 5.29. The van der Waals surface area contributed by atoms with Crippen LogP contribution < -0.4 is 5.32 Å². The first-order valence-corrected chi connectivity index (χ1v) is 12.8. The van der Waals surface area contributed by atoms with Gasteiger partial charge < -0.3 is 10.1 Å². The highest BCUT2D eigenvalue weighted by Crippen LogP contribution is 2.37. The Morgan fingerprint density at radius 2 is 1.85 bits per heavy atom. The van der Waals surface area contributed by atoms with E-state index < -0.39 is 11.2 Å². The van der Waals surface area contributed by atoms with E-state index in [-0.39, 0.29) is 12.5 Å². The highest BCUT2D eigenvalue weighted by atomic mass is 32.2. The van der Waals surface area contributed by atoms with Crippen LogP contribution in [0.1, 0.15) is 35.3 Å². The predicted molar refractivity (Wildman–Crippen MR) is 141 cm³/mol. The van der Waals surface area contributed by atoms with Crippen LogP contribution in [0.5, 0.6) is 0 Å². The molecule has 0 radical (unpaired) electrons. The molecule has 5 nitrogen and oxygen atoms in total. The van der Waals surface area contributed by atoms with Crippen molar-refractivity contribution in [1.82, 2.24) is 4.98 Å². The number of thiophene rings is 1. The number of aryl methyl sites for hydroxylation is 2. The lowest BCUT2D eigenvalue weighted by Crippen LogP contribution is -2.23. The van der Waals surface area contributed by atoms with Crippen molar-refractivity contribution in [2.75, 3.05) is 11.9 Å². The average Bonchev–Trinajstić information content (AvgIpc) is 3.24. The number of amides is 1. The molecule has 1 atom stereocenters. The maximum atomic E-state index is 13.1. The Bertz CT molecular complexity index is 1350. The number of esters is 1. The molecule has 1 amide bonds. The maximum Gasteiger partial charge on any atom is 0.341 e. The summed E-state index contributed by atoms with van der Waals surface area (Å²) in [7, 11) is 0. The number of anilines is 1. The number of fused-ring (bicyclic) bond motifs is 1. The average molecular weight is 491 g/mol. The molecule has 174 valence electrons. The Labute approximate surface area is 207 Å². The van der Waals surface area contributed by atoms with E-state index in [2.05, 4.69) is 18.3 Å². The molecular weight excluding hydrogens is 464 g/mol. The number of para-hydroxylation sites is 1. The topological polar surface area (TPSA) is 68.3 Å². The van der Waals surface area contributed by atoms with Crippen molar-refractivity contribution in [2.45, 2.75) is 38.0 Å². The molecule has 0 spiro atoms. The highest BCUT2D eigenvalue weighted by Gasteiger charge is 2.25. The summed E-state index contributed by atoms with van der Waals surface area (Å²) >= 11 is 2.73. The fraction of sp³-hybridized carbons (Fsp3) is 0.222. The van der Waals surface area contributed by atoms with Crippen molar-refractivity contribution in [2.24, 2.45) is 0 Å². The number of hydrogen-bond donors (Lipinski definition) is 1. The van der Waals surface area contributed by atoms with Gasteiger partial charge in [0.15, 0.2) is 0 Å². The normalized spacial score (nSPS) is 11.9. The summed E-state index contributed by atoms with van der Waals surface area (Å²) in [6, 6.07) is 17.8. The number of carbonyl (C=O) groups is 2. The molecule has 2 aromatic carbocycles. The van der Waals surface area contributed by atoms with Gasteiger partial charge in [0.25, 0.3) is 0 Å². The number of aromatic nitrogens is 1. The minimum Gasteiger partial charge on any atom is -0.462 e. The second-order valence-corrected chi connectivity index (χ2v) is 10.2. The van der Waals surface area contributed by atoms with E-state index in [0.29, 0.717) is 10.6 Å². The summed E-state index contributed by atoms with van der Waals surface area (Å²) in [5.41, 5.74) is 5.22. The van der Waals surface area contributed by atoms with Crippen LogP contribution in [-0.2, 0) is 9.53 Å². The summed E-state index contributed by atoms with van der Waals surface area (Å²) in [6.45, 7) is 7.96. The molecule has 4 aromatic rings. The standard InChI is InChI=1S/C27H26N2O3S2/c1-5-32-27(31)23-21(19-11-7-6-8-12-19)15-33-26(23)29-25(30)18(4)34-22-14-17(3)20-13-9-10-16(2)24(20)28-22/h6-15,18H,5H2,1-4H3,(H,29,30). The van der Waals surface area contributed by atoms with Crippen LogP contribution in [0, 0.1) is 13.8 Å². The van der Waals surface area contributed by atoms with Crippen LogP contribution in [0.2, 0.25) is 0 Å². The van der Waals surface area contributed by atoms with Gasteiger partial charge in [-0.05, 0) is 50.5 Å². The molecule has 0 saturated carbocycles. The number of thioether (sulfide) groups is 1. The predicted octanol–water partition coefficient (Wildman–Crippen LogP) is 6.88. The van der Waals surface area contributed by atoms with E-state index in [1.807, 2.05) is 67.8 Å². The van der Waals surface area contributed by atoms with Gasteiger partial charge in [0.05, 0.1) is 22.4 Å². The van der Waals surface area contributed by atoms with E-state index in [9.17, 15) is 9.59 Å². The minimum absolute atomic E-state index is 0.193. The third kappa shape index (κ3) is 5.00. The van der Waals surface area contributed by atoms with Crippen LogP contribution in [0.4, 0.5) is 5.00 Å². The fourth-order valence-electron chi connectivity index (χ4n) is 3.73. The molecule has 2 aromatic heterocycles. The zero-order valence-electron chi connectivity index (χ0n) is 19.5. The van der Waals surface area contributed by atoms with Crippen molar-refractivity contribution in [3.8, 4) is 11.1 Å². The number of carbonyl (C=O) groups excluding carboxylic acids is 2. The molecule has 2 heterocycles. The molecular formula is C27H26N2O3S2. The number of benzene rings is 2. The minimum atomic E-state index is -0.444. The van der Waals surface area contributed by atoms with Gasteiger partial charge in [-0.15, -0.1) is 11.3 Å². The van der Waals surface area contributed by atoms with Gasteiger partial charge in [0.2, 0.25) is 5.91 Å². The van der Waals surface area contributed by atoms with Gasteiger partial charge in [0.1, 0.15) is 10.6 Å².